The summed E-state index contributed by atoms with van der Waals surface area (Å²) in [6.45, 7) is 17.8. The van der Waals surface area contributed by atoms with Crippen LogP contribution in [0.1, 0.15) is 86.5 Å². The topological polar surface area (TPSA) is 6.48 Å². The van der Waals surface area contributed by atoms with Crippen molar-refractivity contribution in [3.8, 4) is 0 Å². The van der Waals surface area contributed by atoms with Gasteiger partial charge in [0.25, 0.3) is 0 Å². The minimum atomic E-state index is 0.331. The van der Waals surface area contributed by atoms with E-state index in [9.17, 15) is 0 Å². The summed E-state index contributed by atoms with van der Waals surface area (Å²) in [6, 6.07) is 0. The van der Waals surface area contributed by atoms with Crippen LogP contribution in [-0.2, 0) is 0 Å². The predicted octanol–water partition coefficient (Wildman–Crippen LogP) is 5.67. The molecule has 1 aliphatic carbocycles. The molecule has 0 amide bonds. The molecule has 3 rings (SSSR count). The Hall–Kier alpha value is -0.0800. The Labute approximate surface area is 164 Å². The fraction of sp³-hybridized carbons (Fsp3) is 1.00. The van der Waals surface area contributed by atoms with Crippen molar-refractivity contribution in [3.63, 3.8) is 0 Å². The zero-order chi connectivity index (χ0) is 19.3. The maximum absolute atomic E-state index is 2.63. The Morgan fingerprint density at radius 2 is 1.04 bits per heavy atom. The first kappa shape index (κ1) is 20.6. The summed E-state index contributed by atoms with van der Waals surface area (Å²) in [5.41, 5.74) is 1.25. The number of nitrogens with zero attached hydrogens (tertiary/aromatic N) is 2. The molecule has 2 nitrogen and oxygen atoms in total. The van der Waals surface area contributed by atoms with Crippen LogP contribution >= 0.6 is 0 Å². The molecular formula is C24H46N2. The smallest absolute Gasteiger partial charge is 0.0178 e. The molecule has 0 aromatic heterocycles. The van der Waals surface area contributed by atoms with Gasteiger partial charge in [0.15, 0.2) is 0 Å². The summed E-state index contributed by atoms with van der Waals surface area (Å²) < 4.78 is 0. The highest BCUT2D eigenvalue weighted by Gasteiger charge is 2.56. The van der Waals surface area contributed by atoms with Crippen LogP contribution in [0.3, 0.4) is 0 Å². The quantitative estimate of drug-likeness (QED) is 0.624. The van der Waals surface area contributed by atoms with E-state index >= 15 is 0 Å². The second-order valence-corrected chi connectivity index (χ2v) is 11.3. The predicted molar refractivity (Wildman–Crippen MR) is 113 cm³/mol. The third kappa shape index (κ3) is 3.08. The van der Waals surface area contributed by atoms with Crippen molar-refractivity contribution in [3.05, 3.63) is 0 Å². The highest BCUT2D eigenvalue weighted by Crippen LogP contribution is 2.60. The standard InChI is InChI=1S/C24H46N2/c1-18-20(12-16-25(7)22(18,3)4)24(14-10-9-11-15-24)21-13-17-26(8)23(5,6)19(21)2/h18-21H,9-17H2,1-8H3. The molecule has 3 fully saturated rings. The maximum atomic E-state index is 2.63. The van der Waals surface area contributed by atoms with Crippen molar-refractivity contribution in [1.82, 2.24) is 9.80 Å². The monoisotopic (exact) mass is 362 g/mol. The summed E-state index contributed by atoms with van der Waals surface area (Å²) in [6.07, 6.45) is 10.2. The lowest BCUT2D eigenvalue weighted by Crippen LogP contribution is -2.62. The van der Waals surface area contributed by atoms with Gasteiger partial charge in [-0.05, 0) is 110 Å². The molecule has 26 heavy (non-hydrogen) atoms. The highest BCUT2D eigenvalue weighted by atomic mass is 15.2. The van der Waals surface area contributed by atoms with Crippen LogP contribution in [0, 0.1) is 29.1 Å². The van der Waals surface area contributed by atoms with Crippen LogP contribution in [0.2, 0.25) is 0 Å². The van der Waals surface area contributed by atoms with Crippen LogP contribution in [0.5, 0.6) is 0 Å². The number of likely N-dealkylation sites (tertiary alicyclic amines) is 2. The van der Waals surface area contributed by atoms with Crippen LogP contribution in [0.25, 0.3) is 0 Å². The van der Waals surface area contributed by atoms with Gasteiger partial charge in [-0.2, -0.15) is 0 Å². The number of hydrogen-bond donors (Lipinski definition) is 0. The van der Waals surface area contributed by atoms with Gasteiger partial charge in [0, 0.05) is 11.1 Å². The van der Waals surface area contributed by atoms with Gasteiger partial charge in [-0.25, -0.2) is 0 Å². The van der Waals surface area contributed by atoms with E-state index in [0.29, 0.717) is 16.5 Å². The second kappa shape index (κ2) is 7.07. The SMILES string of the molecule is CC1C(C2(C3CCN(C)C(C)(C)C3C)CCCCC2)CCN(C)C1(C)C. The molecule has 3 aliphatic rings. The molecule has 0 aromatic rings. The number of hydrogen-bond acceptors (Lipinski definition) is 2. The first-order chi connectivity index (χ1) is 12.0. The third-order valence-corrected chi connectivity index (χ3v) is 10.2. The molecule has 0 radical (unpaired) electrons. The summed E-state index contributed by atoms with van der Waals surface area (Å²) in [5.74, 6) is 3.38. The first-order valence-electron chi connectivity index (χ1n) is 11.5. The van der Waals surface area contributed by atoms with Crippen molar-refractivity contribution >= 4 is 0 Å². The van der Waals surface area contributed by atoms with Crippen molar-refractivity contribution in [2.45, 2.75) is 97.6 Å². The second-order valence-electron chi connectivity index (χ2n) is 11.3. The van der Waals surface area contributed by atoms with Crippen molar-refractivity contribution in [2.24, 2.45) is 29.1 Å². The Morgan fingerprint density at radius 1 is 0.654 bits per heavy atom. The van der Waals surface area contributed by atoms with Gasteiger partial charge in [-0.3, -0.25) is 0 Å². The summed E-state index contributed by atoms with van der Waals surface area (Å²) in [7, 11) is 4.70. The van der Waals surface area contributed by atoms with E-state index in [1.807, 2.05) is 0 Å². The molecule has 2 aliphatic heterocycles. The molecule has 2 saturated heterocycles. The van der Waals surface area contributed by atoms with Gasteiger partial charge >= 0.3 is 0 Å². The van der Waals surface area contributed by atoms with E-state index in [1.165, 1.54) is 58.0 Å². The van der Waals surface area contributed by atoms with Gasteiger partial charge in [-0.1, -0.05) is 33.1 Å². The Balaban J connectivity index is 1.97. The summed E-state index contributed by atoms with van der Waals surface area (Å²) in [4.78, 5) is 5.26. The minimum absolute atomic E-state index is 0.331. The normalized spacial score (nSPS) is 41.1. The molecule has 2 heteroatoms. The van der Waals surface area contributed by atoms with E-state index in [-0.39, 0.29) is 0 Å². The van der Waals surface area contributed by atoms with E-state index in [4.69, 9.17) is 0 Å². The molecule has 4 atom stereocenters. The Morgan fingerprint density at radius 3 is 1.42 bits per heavy atom. The van der Waals surface area contributed by atoms with Gasteiger partial charge < -0.3 is 9.80 Å². The fourth-order valence-electron chi connectivity index (χ4n) is 7.22. The van der Waals surface area contributed by atoms with Crippen molar-refractivity contribution in [2.75, 3.05) is 27.2 Å². The Bertz CT molecular complexity index is 450. The van der Waals surface area contributed by atoms with E-state index in [1.54, 1.807) is 0 Å². The van der Waals surface area contributed by atoms with Gasteiger partial charge in [0.1, 0.15) is 0 Å². The largest absolute Gasteiger partial charge is 0.301 e. The van der Waals surface area contributed by atoms with Crippen molar-refractivity contribution < 1.29 is 0 Å². The van der Waals surface area contributed by atoms with E-state index < -0.39 is 0 Å². The maximum Gasteiger partial charge on any atom is 0.0178 e. The van der Waals surface area contributed by atoms with Crippen LogP contribution in [0.4, 0.5) is 0 Å². The number of rotatable bonds is 2. The van der Waals surface area contributed by atoms with E-state index in [0.717, 1.165) is 23.7 Å². The molecule has 1 saturated carbocycles. The third-order valence-electron chi connectivity index (χ3n) is 10.2. The first-order valence-corrected chi connectivity index (χ1v) is 11.5. The van der Waals surface area contributed by atoms with Crippen LogP contribution < -0.4 is 0 Å². The van der Waals surface area contributed by atoms with Gasteiger partial charge in [0.2, 0.25) is 0 Å². The van der Waals surface area contributed by atoms with Gasteiger partial charge in [-0.15, -0.1) is 0 Å². The summed E-state index contributed by atoms with van der Waals surface area (Å²) in [5, 5.41) is 0. The molecular weight excluding hydrogens is 316 g/mol. The average Bonchev–Trinajstić information content (AvgIpc) is 2.59. The summed E-state index contributed by atoms with van der Waals surface area (Å²) >= 11 is 0. The number of piperidine rings is 2. The Kier molecular flexibility index (Phi) is 5.61. The minimum Gasteiger partial charge on any atom is -0.301 e. The molecule has 152 valence electrons. The highest BCUT2D eigenvalue weighted by molar-refractivity contribution is 5.07. The molecule has 2 heterocycles. The fourth-order valence-corrected chi connectivity index (χ4v) is 7.22. The lowest BCUT2D eigenvalue weighted by atomic mass is 9.48. The molecule has 0 spiro atoms. The van der Waals surface area contributed by atoms with E-state index in [2.05, 4.69) is 65.4 Å². The molecule has 0 N–H and O–H groups in total. The van der Waals surface area contributed by atoms with Gasteiger partial charge in [0.05, 0.1) is 0 Å². The van der Waals surface area contributed by atoms with Crippen molar-refractivity contribution in [1.29, 1.82) is 0 Å². The van der Waals surface area contributed by atoms with Crippen LogP contribution in [0.15, 0.2) is 0 Å². The zero-order valence-corrected chi connectivity index (χ0v) is 19.1. The van der Waals surface area contributed by atoms with Crippen LogP contribution in [-0.4, -0.2) is 48.1 Å². The zero-order valence-electron chi connectivity index (χ0n) is 19.1. The molecule has 0 aromatic carbocycles. The lowest BCUT2D eigenvalue weighted by molar-refractivity contribution is -0.129. The molecule has 0 bridgehead atoms. The average molecular weight is 363 g/mol. The molecule has 4 unspecified atom stereocenters. The lowest BCUT2D eigenvalue weighted by Gasteiger charge is -2.62.